The number of halogens is 2. The molecule has 1 saturated carbocycles. The lowest BCUT2D eigenvalue weighted by Gasteiger charge is -2.18. The molecule has 0 aromatic heterocycles. The number of carbonyl (C=O) groups excluding carboxylic acids is 2. The van der Waals surface area contributed by atoms with Crippen molar-refractivity contribution in [2.45, 2.75) is 13.0 Å². The first-order valence-electron chi connectivity index (χ1n) is 9.41. The predicted octanol–water partition coefficient (Wildman–Crippen LogP) is 2.06. The first-order valence-corrected chi connectivity index (χ1v) is 10.2. The Hall–Kier alpha value is -2.22. The van der Waals surface area contributed by atoms with Crippen LogP contribution in [0.3, 0.4) is 0 Å². The number of guanidine groups is 1. The zero-order valence-corrected chi connectivity index (χ0v) is 17.1. The lowest BCUT2D eigenvalue weighted by molar-refractivity contribution is -0.140. The van der Waals surface area contributed by atoms with E-state index in [1.165, 1.54) is 17.0 Å². The smallest absolute Gasteiger partial charge is 0.233 e. The predicted molar refractivity (Wildman–Crippen MR) is 107 cm³/mol. The van der Waals surface area contributed by atoms with Crippen molar-refractivity contribution >= 4 is 33.7 Å². The molecule has 0 spiro atoms. The number of allylic oxidation sites excluding steroid dienone is 2. The van der Waals surface area contributed by atoms with Crippen LogP contribution < -0.4 is 10.6 Å². The van der Waals surface area contributed by atoms with Crippen LogP contribution in [0.5, 0.6) is 0 Å². The van der Waals surface area contributed by atoms with Gasteiger partial charge in [-0.3, -0.25) is 19.5 Å². The zero-order chi connectivity index (χ0) is 19.8. The summed E-state index contributed by atoms with van der Waals surface area (Å²) >= 11 is 3.40. The van der Waals surface area contributed by atoms with Crippen LogP contribution in [0.15, 0.2) is 39.8 Å². The molecule has 1 aromatic rings. The summed E-state index contributed by atoms with van der Waals surface area (Å²) in [5.74, 6) is 0.267. The topological polar surface area (TPSA) is 73.8 Å². The molecule has 148 valence electrons. The molecular weight excluding hydrogens is 427 g/mol. The van der Waals surface area contributed by atoms with Gasteiger partial charge < -0.3 is 10.6 Å². The maximum absolute atomic E-state index is 13.4. The maximum Gasteiger partial charge on any atom is 0.233 e. The number of rotatable bonds is 5. The number of nitrogens with one attached hydrogen (secondary N) is 2. The van der Waals surface area contributed by atoms with E-state index < -0.39 is 0 Å². The highest BCUT2D eigenvalue weighted by atomic mass is 79.9. The van der Waals surface area contributed by atoms with E-state index in [0.717, 1.165) is 16.5 Å². The number of imide groups is 1. The van der Waals surface area contributed by atoms with Crippen LogP contribution in [0.25, 0.3) is 0 Å². The SMILES string of the molecule is CN=C(NCCN1C(=O)C2C3C=CC(C3)C2C1=O)NCc1cc(F)ccc1Br. The molecule has 8 heteroatoms. The molecule has 2 N–H and O–H groups in total. The van der Waals surface area contributed by atoms with E-state index in [-0.39, 0.29) is 41.3 Å². The number of benzene rings is 1. The van der Waals surface area contributed by atoms with Crippen molar-refractivity contribution < 1.29 is 14.0 Å². The molecule has 4 unspecified atom stereocenters. The van der Waals surface area contributed by atoms with Crippen LogP contribution in [0, 0.1) is 29.5 Å². The van der Waals surface area contributed by atoms with Crippen LogP contribution in [0.1, 0.15) is 12.0 Å². The second-order valence-corrected chi connectivity index (χ2v) is 8.27. The van der Waals surface area contributed by atoms with Crippen molar-refractivity contribution in [3.05, 3.63) is 46.2 Å². The summed E-state index contributed by atoms with van der Waals surface area (Å²) in [6.45, 7) is 1.11. The van der Waals surface area contributed by atoms with Crippen molar-refractivity contribution in [1.29, 1.82) is 0 Å². The Morgan fingerprint density at radius 1 is 1.21 bits per heavy atom. The molecule has 28 heavy (non-hydrogen) atoms. The molecule has 6 nitrogen and oxygen atoms in total. The van der Waals surface area contributed by atoms with Crippen LogP contribution in [0.2, 0.25) is 0 Å². The van der Waals surface area contributed by atoms with Gasteiger partial charge in [0.2, 0.25) is 11.8 Å². The van der Waals surface area contributed by atoms with Gasteiger partial charge in [0.15, 0.2) is 5.96 Å². The Kier molecular flexibility index (Phi) is 5.23. The number of nitrogens with zero attached hydrogens (tertiary/aromatic N) is 2. The van der Waals surface area contributed by atoms with Gasteiger partial charge in [0.05, 0.1) is 11.8 Å². The third-order valence-corrected chi connectivity index (χ3v) is 6.64. The highest BCUT2D eigenvalue weighted by molar-refractivity contribution is 9.10. The summed E-state index contributed by atoms with van der Waals surface area (Å²) < 4.78 is 14.2. The third kappa shape index (κ3) is 3.34. The molecule has 1 saturated heterocycles. The zero-order valence-electron chi connectivity index (χ0n) is 15.5. The van der Waals surface area contributed by atoms with E-state index in [4.69, 9.17) is 0 Å². The first kappa shape index (κ1) is 19.1. The summed E-state index contributed by atoms with van der Waals surface area (Å²) in [5, 5.41) is 6.22. The summed E-state index contributed by atoms with van der Waals surface area (Å²) in [5.41, 5.74) is 0.767. The highest BCUT2D eigenvalue weighted by Crippen LogP contribution is 2.52. The van der Waals surface area contributed by atoms with Crippen LogP contribution in [0.4, 0.5) is 4.39 Å². The van der Waals surface area contributed by atoms with Gasteiger partial charge in [-0.15, -0.1) is 0 Å². The summed E-state index contributed by atoms with van der Waals surface area (Å²) in [6, 6.07) is 4.50. The molecule has 0 radical (unpaired) electrons. The fourth-order valence-corrected chi connectivity index (χ4v) is 4.94. The fraction of sp³-hybridized carbons (Fsp3) is 0.450. The van der Waals surface area contributed by atoms with Gasteiger partial charge in [-0.2, -0.15) is 0 Å². The average Bonchev–Trinajstić information content (AvgIpc) is 3.36. The normalized spacial score (nSPS) is 28.2. The summed E-state index contributed by atoms with van der Waals surface area (Å²) in [6.07, 6.45) is 5.12. The van der Waals surface area contributed by atoms with Crippen LogP contribution in [-0.2, 0) is 16.1 Å². The number of hydrogen-bond donors (Lipinski definition) is 2. The number of fused-ring (bicyclic) bond motifs is 5. The first-order chi connectivity index (χ1) is 13.5. The van der Waals surface area contributed by atoms with E-state index in [0.29, 0.717) is 25.6 Å². The Labute approximate surface area is 171 Å². The standard InChI is InChI=1S/C20H22BrFN4O2/c1-23-20(25-10-13-9-14(22)4-5-15(13)21)24-6-7-26-18(27)16-11-2-3-12(8-11)17(16)19(26)28/h2-5,9,11-12,16-17H,6-8,10H2,1H3,(H2,23,24,25). The molecule has 1 aliphatic heterocycles. The van der Waals surface area contributed by atoms with Crippen molar-refractivity contribution in [2.75, 3.05) is 20.1 Å². The minimum Gasteiger partial charge on any atom is -0.355 e. The second kappa shape index (κ2) is 7.66. The van der Waals surface area contributed by atoms with E-state index in [1.54, 1.807) is 13.1 Å². The molecule has 1 heterocycles. The lowest BCUT2D eigenvalue weighted by Crippen LogP contribution is -2.43. The monoisotopic (exact) mass is 448 g/mol. The minimum absolute atomic E-state index is 0.0414. The van der Waals surface area contributed by atoms with Gasteiger partial charge in [-0.05, 0) is 42.0 Å². The van der Waals surface area contributed by atoms with Crippen LogP contribution >= 0.6 is 15.9 Å². The van der Waals surface area contributed by atoms with Crippen molar-refractivity contribution in [3.63, 3.8) is 0 Å². The minimum atomic E-state index is -0.303. The maximum atomic E-state index is 13.4. The van der Waals surface area contributed by atoms with E-state index in [9.17, 15) is 14.0 Å². The van der Waals surface area contributed by atoms with Gasteiger partial charge in [-0.25, -0.2) is 4.39 Å². The molecule has 2 fully saturated rings. The third-order valence-electron chi connectivity index (χ3n) is 5.87. The highest BCUT2D eigenvalue weighted by Gasteiger charge is 2.58. The average molecular weight is 449 g/mol. The molecule has 2 aliphatic carbocycles. The van der Waals surface area contributed by atoms with E-state index in [1.807, 2.05) is 0 Å². The number of carbonyl (C=O) groups is 2. The molecule has 3 aliphatic rings. The van der Waals surface area contributed by atoms with Gasteiger partial charge >= 0.3 is 0 Å². The van der Waals surface area contributed by atoms with Crippen molar-refractivity contribution in [2.24, 2.45) is 28.7 Å². The molecule has 4 rings (SSSR count). The van der Waals surface area contributed by atoms with Crippen molar-refractivity contribution in [3.8, 4) is 0 Å². The molecule has 2 bridgehead atoms. The molecular formula is C20H22BrFN4O2. The molecule has 1 aromatic carbocycles. The summed E-state index contributed by atoms with van der Waals surface area (Å²) in [4.78, 5) is 30.9. The van der Waals surface area contributed by atoms with Crippen molar-refractivity contribution in [1.82, 2.24) is 15.5 Å². The Balaban J connectivity index is 1.29. The van der Waals surface area contributed by atoms with E-state index in [2.05, 4.69) is 43.7 Å². The quantitative estimate of drug-likeness (QED) is 0.313. The Morgan fingerprint density at radius 2 is 1.89 bits per heavy atom. The largest absolute Gasteiger partial charge is 0.355 e. The van der Waals surface area contributed by atoms with Gasteiger partial charge in [0.1, 0.15) is 5.82 Å². The number of hydrogen-bond acceptors (Lipinski definition) is 3. The molecule has 2 amide bonds. The van der Waals surface area contributed by atoms with E-state index >= 15 is 0 Å². The fourth-order valence-electron chi connectivity index (χ4n) is 4.55. The Bertz CT molecular complexity index is 842. The van der Waals surface area contributed by atoms with Crippen LogP contribution in [-0.4, -0.2) is 42.8 Å². The summed E-state index contributed by atoms with van der Waals surface area (Å²) in [7, 11) is 1.63. The van der Waals surface area contributed by atoms with Gasteiger partial charge in [-0.1, -0.05) is 28.1 Å². The van der Waals surface area contributed by atoms with Gasteiger partial charge in [0.25, 0.3) is 0 Å². The van der Waals surface area contributed by atoms with Gasteiger partial charge in [0, 0.05) is 31.2 Å². The number of aliphatic imine (C=N–C) groups is 1. The second-order valence-electron chi connectivity index (χ2n) is 7.42. The molecule has 4 atom stereocenters. The number of amides is 2. The lowest BCUT2D eigenvalue weighted by atomic mass is 9.85. The number of likely N-dealkylation sites (tertiary alicyclic amines) is 1. The Morgan fingerprint density at radius 3 is 2.54 bits per heavy atom.